The maximum atomic E-state index is 12.6. The molecular formula is C20H23N3O5. The number of amides is 1. The molecule has 1 fully saturated rings. The third kappa shape index (κ3) is 3.42. The smallest absolute Gasteiger partial charge is 0.379 e. The van der Waals surface area contributed by atoms with Gasteiger partial charge in [0, 0.05) is 18.1 Å². The van der Waals surface area contributed by atoms with Gasteiger partial charge in [-0.25, -0.2) is 9.78 Å². The molecule has 1 aliphatic rings. The van der Waals surface area contributed by atoms with E-state index in [0.29, 0.717) is 24.3 Å². The van der Waals surface area contributed by atoms with Gasteiger partial charge in [0.25, 0.3) is 17.5 Å². The molecule has 0 aromatic carbocycles. The average Bonchev–Trinajstić information content (AvgIpc) is 3.00. The molecule has 0 spiro atoms. The molecule has 28 heavy (non-hydrogen) atoms. The SMILES string of the molecule is CCc1c(C(=O)C(N)=O)c2c(C(=O)C(=O)O)nccn2c1CC1CCCCC1. The van der Waals surface area contributed by atoms with Crippen molar-refractivity contribution in [1.82, 2.24) is 9.38 Å². The molecular weight excluding hydrogens is 362 g/mol. The number of aliphatic carboxylic acids is 1. The summed E-state index contributed by atoms with van der Waals surface area (Å²) in [6, 6.07) is 0. The number of fused-ring (bicyclic) bond motifs is 1. The Morgan fingerprint density at radius 2 is 1.86 bits per heavy atom. The van der Waals surface area contributed by atoms with Crippen molar-refractivity contribution in [3.63, 3.8) is 0 Å². The van der Waals surface area contributed by atoms with E-state index in [1.165, 1.54) is 12.6 Å². The lowest BCUT2D eigenvalue weighted by Gasteiger charge is -2.22. The molecule has 0 bridgehead atoms. The molecule has 8 heteroatoms. The van der Waals surface area contributed by atoms with E-state index in [4.69, 9.17) is 10.8 Å². The predicted octanol–water partition coefficient (Wildman–Crippen LogP) is 1.95. The van der Waals surface area contributed by atoms with E-state index in [1.807, 2.05) is 6.92 Å². The van der Waals surface area contributed by atoms with Gasteiger partial charge in [-0.1, -0.05) is 39.0 Å². The Hall–Kier alpha value is -3.03. The fourth-order valence-electron chi connectivity index (χ4n) is 4.22. The monoisotopic (exact) mass is 385 g/mol. The number of carboxylic acid groups (broad SMARTS) is 1. The summed E-state index contributed by atoms with van der Waals surface area (Å²) < 4.78 is 1.65. The zero-order chi connectivity index (χ0) is 20.4. The zero-order valence-electron chi connectivity index (χ0n) is 15.7. The van der Waals surface area contributed by atoms with Gasteiger partial charge in [0.15, 0.2) is 0 Å². The Kier molecular flexibility index (Phi) is 5.58. The summed E-state index contributed by atoms with van der Waals surface area (Å²) in [5.74, 6) is -4.55. The molecule has 8 nitrogen and oxygen atoms in total. The van der Waals surface area contributed by atoms with Crippen LogP contribution in [0, 0.1) is 5.92 Å². The number of Topliss-reactive ketones (excluding diaryl/α,β-unsaturated/α-hetero) is 2. The number of hydrogen-bond donors (Lipinski definition) is 2. The number of hydrogen-bond acceptors (Lipinski definition) is 5. The molecule has 2 aromatic heterocycles. The summed E-state index contributed by atoms with van der Waals surface area (Å²) in [4.78, 5) is 51.7. The second kappa shape index (κ2) is 7.92. The van der Waals surface area contributed by atoms with Gasteiger partial charge < -0.3 is 15.2 Å². The number of nitrogens with two attached hydrogens (primary N) is 1. The third-order valence-electron chi connectivity index (χ3n) is 5.48. The highest BCUT2D eigenvalue weighted by molar-refractivity contribution is 6.46. The lowest BCUT2D eigenvalue weighted by atomic mass is 9.85. The highest BCUT2D eigenvalue weighted by Gasteiger charge is 2.31. The summed E-state index contributed by atoms with van der Waals surface area (Å²) in [7, 11) is 0. The van der Waals surface area contributed by atoms with E-state index < -0.39 is 23.4 Å². The van der Waals surface area contributed by atoms with Gasteiger partial charge in [0.2, 0.25) is 0 Å². The molecule has 0 saturated heterocycles. The van der Waals surface area contributed by atoms with E-state index in [-0.39, 0.29) is 16.8 Å². The van der Waals surface area contributed by atoms with Gasteiger partial charge in [-0.2, -0.15) is 0 Å². The summed E-state index contributed by atoms with van der Waals surface area (Å²) in [5.41, 5.74) is 6.38. The Bertz CT molecular complexity index is 970. The molecule has 148 valence electrons. The van der Waals surface area contributed by atoms with Gasteiger partial charge in [-0.3, -0.25) is 14.4 Å². The van der Waals surface area contributed by atoms with Gasteiger partial charge in [0.05, 0.1) is 11.1 Å². The van der Waals surface area contributed by atoms with Gasteiger partial charge in [0.1, 0.15) is 5.69 Å². The molecule has 2 aromatic rings. The fourth-order valence-corrected chi connectivity index (χ4v) is 4.22. The van der Waals surface area contributed by atoms with Crippen molar-refractivity contribution in [2.24, 2.45) is 11.7 Å². The quantitative estimate of drug-likeness (QED) is 0.553. The van der Waals surface area contributed by atoms with Crippen molar-refractivity contribution in [3.05, 3.63) is 34.9 Å². The van der Waals surface area contributed by atoms with Crippen molar-refractivity contribution in [2.75, 3.05) is 0 Å². The van der Waals surface area contributed by atoms with Crippen LogP contribution < -0.4 is 5.73 Å². The minimum absolute atomic E-state index is 0.00138. The Balaban J connectivity index is 2.29. The lowest BCUT2D eigenvalue weighted by Crippen LogP contribution is -2.25. The number of primary amides is 1. The lowest BCUT2D eigenvalue weighted by molar-refractivity contribution is -0.131. The maximum absolute atomic E-state index is 12.6. The van der Waals surface area contributed by atoms with E-state index in [2.05, 4.69) is 4.98 Å². The first-order valence-corrected chi connectivity index (χ1v) is 9.49. The largest absolute Gasteiger partial charge is 0.475 e. The fraction of sp³-hybridized carbons (Fsp3) is 0.450. The molecule has 0 unspecified atom stereocenters. The molecule has 1 aliphatic carbocycles. The summed E-state index contributed by atoms with van der Waals surface area (Å²) in [6.45, 7) is 1.85. The topological polar surface area (TPSA) is 132 Å². The van der Waals surface area contributed by atoms with Crippen LogP contribution >= 0.6 is 0 Å². The van der Waals surface area contributed by atoms with Crippen LogP contribution in [0.3, 0.4) is 0 Å². The van der Waals surface area contributed by atoms with Crippen LogP contribution in [0.15, 0.2) is 12.4 Å². The van der Waals surface area contributed by atoms with Crippen LogP contribution in [0.1, 0.15) is 71.1 Å². The first-order valence-electron chi connectivity index (χ1n) is 9.49. The van der Waals surface area contributed by atoms with Gasteiger partial charge >= 0.3 is 5.97 Å². The van der Waals surface area contributed by atoms with E-state index >= 15 is 0 Å². The van der Waals surface area contributed by atoms with Crippen molar-refractivity contribution in [1.29, 1.82) is 0 Å². The number of nitrogens with zero attached hydrogens (tertiary/aromatic N) is 2. The number of carbonyl (C=O) groups is 4. The third-order valence-corrected chi connectivity index (χ3v) is 5.48. The standard InChI is InChI=1S/C20H23N3O5/c1-2-12-13(10-11-6-4-3-5-7-11)23-9-8-22-15(18(25)20(27)28)16(23)14(12)17(24)19(21)26/h8-9,11H,2-7,10H2,1H3,(H2,21,26)(H,27,28). The van der Waals surface area contributed by atoms with Crippen molar-refractivity contribution in [2.45, 2.75) is 51.9 Å². The summed E-state index contributed by atoms with van der Waals surface area (Å²) >= 11 is 0. The first-order chi connectivity index (χ1) is 13.4. The number of ketones is 2. The number of aromatic nitrogens is 2. The van der Waals surface area contributed by atoms with Crippen LogP contribution in [-0.4, -0.2) is 37.9 Å². The number of rotatable bonds is 7. The van der Waals surface area contributed by atoms with Gasteiger partial charge in [-0.05, 0) is 24.3 Å². The van der Waals surface area contributed by atoms with E-state index in [1.54, 1.807) is 10.6 Å². The van der Waals surface area contributed by atoms with Crippen molar-refractivity contribution in [3.8, 4) is 0 Å². The molecule has 3 rings (SSSR count). The van der Waals surface area contributed by atoms with Crippen LogP contribution in [-0.2, 0) is 22.4 Å². The minimum atomic E-state index is -1.67. The summed E-state index contributed by atoms with van der Waals surface area (Å²) in [6.07, 6.45) is 9.70. The highest BCUT2D eigenvalue weighted by Crippen LogP contribution is 2.33. The molecule has 0 aliphatic heterocycles. The van der Waals surface area contributed by atoms with E-state index in [9.17, 15) is 19.2 Å². The van der Waals surface area contributed by atoms with Crippen LogP contribution in [0.2, 0.25) is 0 Å². The van der Waals surface area contributed by atoms with Crippen LogP contribution in [0.5, 0.6) is 0 Å². The predicted molar refractivity (Wildman–Crippen MR) is 100 cm³/mol. The van der Waals surface area contributed by atoms with E-state index in [0.717, 1.165) is 31.4 Å². The highest BCUT2D eigenvalue weighted by atomic mass is 16.4. The molecule has 3 N–H and O–H groups in total. The minimum Gasteiger partial charge on any atom is -0.475 e. The second-order valence-corrected chi connectivity index (χ2v) is 7.18. The first kappa shape index (κ1) is 19.7. The maximum Gasteiger partial charge on any atom is 0.379 e. The molecule has 0 radical (unpaired) electrons. The summed E-state index contributed by atoms with van der Waals surface area (Å²) in [5, 5.41) is 9.15. The number of carbonyl (C=O) groups excluding carboxylic acids is 3. The number of carboxylic acids is 1. The molecule has 1 saturated carbocycles. The van der Waals surface area contributed by atoms with Crippen molar-refractivity contribution >= 4 is 29.0 Å². The van der Waals surface area contributed by atoms with Gasteiger partial charge in [-0.15, -0.1) is 0 Å². The van der Waals surface area contributed by atoms with Crippen LogP contribution in [0.25, 0.3) is 5.52 Å². The zero-order valence-corrected chi connectivity index (χ0v) is 15.7. The Morgan fingerprint density at radius 3 is 2.43 bits per heavy atom. The Morgan fingerprint density at radius 1 is 1.18 bits per heavy atom. The molecule has 0 atom stereocenters. The average molecular weight is 385 g/mol. The Labute approximate surface area is 161 Å². The van der Waals surface area contributed by atoms with Crippen molar-refractivity contribution < 1.29 is 24.3 Å². The second-order valence-electron chi connectivity index (χ2n) is 7.18. The normalized spacial score (nSPS) is 14.9. The molecule has 2 heterocycles. The van der Waals surface area contributed by atoms with Crippen LogP contribution in [0.4, 0.5) is 0 Å². The molecule has 1 amide bonds.